The summed E-state index contributed by atoms with van der Waals surface area (Å²) in [5, 5.41) is 11.9. The summed E-state index contributed by atoms with van der Waals surface area (Å²) in [5.74, 6) is 0.303. The highest BCUT2D eigenvalue weighted by molar-refractivity contribution is 8.00. The molecular formula is C28H29N5O2S. The van der Waals surface area contributed by atoms with Gasteiger partial charge in [0.2, 0.25) is 11.8 Å². The van der Waals surface area contributed by atoms with Gasteiger partial charge in [-0.2, -0.15) is 0 Å². The number of nitrogens with one attached hydrogen (secondary N) is 1. The summed E-state index contributed by atoms with van der Waals surface area (Å²) >= 11 is 1.32. The van der Waals surface area contributed by atoms with Gasteiger partial charge >= 0.3 is 0 Å². The van der Waals surface area contributed by atoms with Crippen LogP contribution in [0.4, 0.5) is 5.69 Å². The van der Waals surface area contributed by atoms with Crippen LogP contribution in [-0.2, 0) is 16.0 Å². The van der Waals surface area contributed by atoms with E-state index in [1.807, 2.05) is 103 Å². The predicted octanol–water partition coefficient (Wildman–Crippen LogP) is 5.07. The minimum Gasteiger partial charge on any atom is -0.335 e. The van der Waals surface area contributed by atoms with Gasteiger partial charge in [0.15, 0.2) is 11.0 Å². The lowest BCUT2D eigenvalue weighted by atomic mass is 10.1. The molecule has 0 aliphatic heterocycles. The number of rotatable bonds is 9. The molecule has 7 nitrogen and oxygen atoms in total. The van der Waals surface area contributed by atoms with E-state index in [4.69, 9.17) is 0 Å². The number of anilines is 1. The summed E-state index contributed by atoms with van der Waals surface area (Å²) in [6.07, 6.45) is 0.811. The van der Waals surface area contributed by atoms with Gasteiger partial charge in [0.1, 0.15) is 0 Å². The molecule has 1 atom stereocenters. The highest BCUT2D eigenvalue weighted by atomic mass is 32.2. The van der Waals surface area contributed by atoms with Gasteiger partial charge in [-0.25, -0.2) is 0 Å². The van der Waals surface area contributed by atoms with Crippen molar-refractivity contribution in [3.8, 4) is 17.1 Å². The van der Waals surface area contributed by atoms with E-state index < -0.39 is 5.25 Å². The van der Waals surface area contributed by atoms with Crippen LogP contribution in [0, 0.1) is 0 Å². The standard InChI is InChI=1S/C28H29N5O2S/c1-4-21-13-11-12-18-24(21)29-25(34)19-32(3)27(35)20(2)36-28-31-30-26(22-14-7-5-8-15-22)33(28)23-16-9-6-10-17-23/h5-18,20H,4,19H2,1-3H3,(H,29,34). The number of likely N-dealkylation sites (N-methyl/N-ethyl adjacent to an activating group) is 1. The van der Waals surface area contributed by atoms with Gasteiger partial charge < -0.3 is 10.2 Å². The Kier molecular flexibility index (Phi) is 8.17. The zero-order chi connectivity index (χ0) is 25.5. The van der Waals surface area contributed by atoms with Crippen molar-refractivity contribution in [1.29, 1.82) is 0 Å². The molecule has 0 radical (unpaired) electrons. The number of aromatic nitrogens is 3. The van der Waals surface area contributed by atoms with Crippen LogP contribution in [0.3, 0.4) is 0 Å². The summed E-state index contributed by atoms with van der Waals surface area (Å²) in [7, 11) is 1.64. The topological polar surface area (TPSA) is 80.1 Å². The van der Waals surface area contributed by atoms with Crippen LogP contribution in [0.1, 0.15) is 19.4 Å². The first-order valence-electron chi connectivity index (χ1n) is 11.8. The van der Waals surface area contributed by atoms with Crippen molar-refractivity contribution in [3.63, 3.8) is 0 Å². The Morgan fingerprint density at radius 1 is 0.944 bits per heavy atom. The van der Waals surface area contributed by atoms with Crippen molar-refractivity contribution >= 4 is 29.3 Å². The van der Waals surface area contributed by atoms with Crippen LogP contribution in [0.5, 0.6) is 0 Å². The molecule has 3 aromatic carbocycles. The van der Waals surface area contributed by atoms with Crippen molar-refractivity contribution < 1.29 is 9.59 Å². The molecule has 4 rings (SSSR count). The third-order valence-electron chi connectivity index (χ3n) is 5.74. The van der Waals surface area contributed by atoms with E-state index in [0.717, 1.165) is 28.9 Å². The third-order valence-corrected chi connectivity index (χ3v) is 6.77. The van der Waals surface area contributed by atoms with Crippen LogP contribution in [0.2, 0.25) is 0 Å². The molecule has 1 N–H and O–H groups in total. The molecule has 8 heteroatoms. The molecule has 2 amide bonds. The molecule has 184 valence electrons. The Morgan fingerprint density at radius 3 is 2.28 bits per heavy atom. The smallest absolute Gasteiger partial charge is 0.243 e. The zero-order valence-electron chi connectivity index (χ0n) is 20.6. The lowest BCUT2D eigenvalue weighted by Gasteiger charge is -2.21. The van der Waals surface area contributed by atoms with E-state index in [-0.39, 0.29) is 18.4 Å². The fourth-order valence-electron chi connectivity index (χ4n) is 3.88. The number of benzene rings is 3. The second kappa shape index (κ2) is 11.7. The Balaban J connectivity index is 1.49. The van der Waals surface area contributed by atoms with E-state index in [0.29, 0.717) is 11.0 Å². The summed E-state index contributed by atoms with van der Waals surface area (Å²) < 4.78 is 1.96. The molecule has 0 aliphatic rings. The van der Waals surface area contributed by atoms with E-state index in [2.05, 4.69) is 15.5 Å². The van der Waals surface area contributed by atoms with E-state index in [1.165, 1.54) is 16.7 Å². The van der Waals surface area contributed by atoms with Crippen LogP contribution in [-0.4, -0.2) is 50.3 Å². The number of carbonyl (C=O) groups excluding carboxylic acids is 2. The van der Waals surface area contributed by atoms with Gasteiger partial charge in [-0.1, -0.05) is 85.4 Å². The molecule has 0 aliphatic carbocycles. The number of carbonyl (C=O) groups is 2. The summed E-state index contributed by atoms with van der Waals surface area (Å²) in [6, 6.07) is 27.3. The summed E-state index contributed by atoms with van der Waals surface area (Å²) in [6.45, 7) is 3.82. The molecule has 36 heavy (non-hydrogen) atoms. The van der Waals surface area contributed by atoms with Crippen molar-refractivity contribution in [2.24, 2.45) is 0 Å². The molecule has 0 bridgehead atoms. The Bertz CT molecular complexity index is 1320. The molecule has 0 saturated heterocycles. The average molecular weight is 500 g/mol. The first kappa shape index (κ1) is 25.2. The number of hydrogen-bond donors (Lipinski definition) is 1. The predicted molar refractivity (Wildman–Crippen MR) is 144 cm³/mol. The molecule has 0 saturated carbocycles. The minimum absolute atomic E-state index is 0.0393. The van der Waals surface area contributed by atoms with Gasteiger partial charge in [0.25, 0.3) is 0 Å². The third kappa shape index (κ3) is 5.83. The zero-order valence-corrected chi connectivity index (χ0v) is 21.4. The van der Waals surface area contributed by atoms with Gasteiger partial charge in [-0.05, 0) is 37.1 Å². The first-order valence-corrected chi connectivity index (χ1v) is 12.7. The van der Waals surface area contributed by atoms with E-state index in [9.17, 15) is 9.59 Å². The van der Waals surface area contributed by atoms with Gasteiger partial charge in [0, 0.05) is 24.0 Å². The number of para-hydroxylation sites is 2. The molecule has 1 unspecified atom stereocenters. The molecule has 0 fully saturated rings. The molecule has 4 aromatic rings. The highest BCUT2D eigenvalue weighted by Gasteiger charge is 2.25. The van der Waals surface area contributed by atoms with Crippen LogP contribution >= 0.6 is 11.8 Å². The average Bonchev–Trinajstić information content (AvgIpc) is 3.32. The van der Waals surface area contributed by atoms with Crippen LogP contribution in [0.25, 0.3) is 17.1 Å². The Labute approximate surface area is 215 Å². The highest BCUT2D eigenvalue weighted by Crippen LogP contribution is 2.30. The monoisotopic (exact) mass is 499 g/mol. The fraction of sp³-hybridized carbons (Fsp3) is 0.214. The second-order valence-electron chi connectivity index (χ2n) is 8.36. The maximum Gasteiger partial charge on any atom is 0.243 e. The molecule has 0 spiro atoms. The molecular weight excluding hydrogens is 470 g/mol. The lowest BCUT2D eigenvalue weighted by molar-refractivity contribution is -0.132. The van der Waals surface area contributed by atoms with E-state index in [1.54, 1.807) is 7.05 Å². The number of amides is 2. The first-order chi connectivity index (χ1) is 17.5. The van der Waals surface area contributed by atoms with Crippen molar-refractivity contribution in [1.82, 2.24) is 19.7 Å². The minimum atomic E-state index is -0.471. The van der Waals surface area contributed by atoms with Crippen molar-refractivity contribution in [3.05, 3.63) is 90.5 Å². The SMILES string of the molecule is CCc1ccccc1NC(=O)CN(C)C(=O)C(C)Sc1nnc(-c2ccccc2)n1-c1ccccc1. The second-order valence-corrected chi connectivity index (χ2v) is 9.66. The van der Waals surface area contributed by atoms with Gasteiger partial charge in [0.05, 0.1) is 11.8 Å². The van der Waals surface area contributed by atoms with Gasteiger partial charge in [-0.15, -0.1) is 10.2 Å². The van der Waals surface area contributed by atoms with Crippen LogP contribution in [0.15, 0.2) is 90.1 Å². The molecule has 1 heterocycles. The molecule has 1 aromatic heterocycles. The number of aryl methyl sites for hydroxylation is 1. The Hall–Kier alpha value is -3.91. The lowest BCUT2D eigenvalue weighted by Crippen LogP contribution is -2.39. The number of nitrogens with zero attached hydrogens (tertiary/aromatic N) is 4. The van der Waals surface area contributed by atoms with Crippen LogP contribution < -0.4 is 5.32 Å². The maximum absolute atomic E-state index is 13.2. The quantitative estimate of drug-likeness (QED) is 0.325. The van der Waals surface area contributed by atoms with Gasteiger partial charge in [-0.3, -0.25) is 14.2 Å². The summed E-state index contributed by atoms with van der Waals surface area (Å²) in [4.78, 5) is 27.2. The normalized spacial score (nSPS) is 11.6. The fourth-order valence-corrected chi connectivity index (χ4v) is 4.87. The largest absolute Gasteiger partial charge is 0.335 e. The number of thioether (sulfide) groups is 1. The Morgan fingerprint density at radius 2 is 1.58 bits per heavy atom. The van der Waals surface area contributed by atoms with Crippen molar-refractivity contribution in [2.75, 3.05) is 18.9 Å². The van der Waals surface area contributed by atoms with Crippen molar-refractivity contribution in [2.45, 2.75) is 30.7 Å². The maximum atomic E-state index is 13.2. The van der Waals surface area contributed by atoms with E-state index >= 15 is 0 Å². The number of hydrogen-bond acceptors (Lipinski definition) is 5. The summed E-state index contributed by atoms with van der Waals surface area (Å²) in [5.41, 5.74) is 3.67.